The first-order valence-electron chi connectivity index (χ1n) is 7.12. The van der Waals surface area contributed by atoms with Crippen molar-refractivity contribution in [1.29, 1.82) is 0 Å². The van der Waals surface area contributed by atoms with E-state index in [0.29, 0.717) is 24.4 Å². The predicted octanol–water partition coefficient (Wildman–Crippen LogP) is 2.62. The average Bonchev–Trinajstić information content (AvgIpc) is 2.86. The van der Waals surface area contributed by atoms with E-state index < -0.39 is 0 Å². The molecule has 6 heteroatoms. The molecule has 1 aromatic heterocycles. The number of rotatable bonds is 7. The van der Waals surface area contributed by atoms with Gasteiger partial charge < -0.3 is 20.0 Å². The molecule has 0 amide bonds. The molecule has 0 spiro atoms. The molecule has 0 saturated carbocycles. The lowest BCUT2D eigenvalue weighted by Gasteiger charge is -2.12. The van der Waals surface area contributed by atoms with Crippen molar-refractivity contribution < 1.29 is 4.42 Å². The molecule has 0 radical (unpaired) electrons. The van der Waals surface area contributed by atoms with Gasteiger partial charge in [0.1, 0.15) is 0 Å². The highest BCUT2D eigenvalue weighted by atomic mass is 16.4. The fraction of sp³-hybridized carbons (Fsp3) is 0.467. The van der Waals surface area contributed by atoms with E-state index in [-0.39, 0.29) is 0 Å². The monoisotopic (exact) mass is 289 g/mol. The number of hydrogen-bond acceptors (Lipinski definition) is 6. The highest BCUT2D eigenvalue weighted by Crippen LogP contribution is 2.19. The van der Waals surface area contributed by atoms with Crippen LogP contribution in [0.3, 0.4) is 0 Å². The molecule has 0 aliphatic rings. The van der Waals surface area contributed by atoms with Gasteiger partial charge in [0, 0.05) is 25.5 Å². The minimum Gasteiger partial charge on any atom is -0.406 e. The Morgan fingerprint density at radius 1 is 1.14 bits per heavy atom. The van der Waals surface area contributed by atoms with Gasteiger partial charge in [-0.15, -0.1) is 5.10 Å². The number of hydrogen-bond donors (Lipinski definition) is 2. The summed E-state index contributed by atoms with van der Waals surface area (Å²) in [4.78, 5) is 2.05. The number of nitrogens with one attached hydrogen (secondary N) is 2. The molecule has 1 heterocycles. The molecular weight excluding hydrogens is 266 g/mol. The van der Waals surface area contributed by atoms with Gasteiger partial charge in [0.05, 0.1) is 6.54 Å². The van der Waals surface area contributed by atoms with E-state index in [1.807, 2.05) is 38.4 Å². The third kappa shape index (κ3) is 4.75. The zero-order valence-electron chi connectivity index (χ0n) is 13.1. The van der Waals surface area contributed by atoms with Crippen LogP contribution in [0, 0.1) is 5.92 Å². The van der Waals surface area contributed by atoms with Crippen LogP contribution in [0.15, 0.2) is 28.7 Å². The smallest absolute Gasteiger partial charge is 0.320 e. The second-order valence-corrected chi connectivity index (χ2v) is 5.59. The van der Waals surface area contributed by atoms with Gasteiger partial charge in [-0.2, -0.15) is 0 Å². The number of nitrogens with zero attached hydrogens (tertiary/aromatic N) is 3. The minimum absolute atomic E-state index is 0.411. The van der Waals surface area contributed by atoms with Crippen LogP contribution in [0.25, 0.3) is 0 Å². The van der Waals surface area contributed by atoms with Gasteiger partial charge in [-0.1, -0.05) is 18.9 Å². The predicted molar refractivity (Wildman–Crippen MR) is 84.9 cm³/mol. The molecule has 21 heavy (non-hydrogen) atoms. The summed E-state index contributed by atoms with van der Waals surface area (Å²) in [6.45, 7) is 5.83. The lowest BCUT2D eigenvalue weighted by Crippen LogP contribution is -2.19. The quantitative estimate of drug-likeness (QED) is 0.817. The first-order chi connectivity index (χ1) is 10.0. The molecule has 0 aliphatic carbocycles. The Balaban J connectivity index is 1.89. The van der Waals surface area contributed by atoms with Crippen molar-refractivity contribution in [1.82, 2.24) is 15.5 Å². The van der Waals surface area contributed by atoms with E-state index in [9.17, 15) is 0 Å². The molecule has 1 aromatic carbocycles. The Kier molecular flexibility index (Phi) is 5.16. The lowest BCUT2D eigenvalue weighted by molar-refractivity contribution is 0.460. The third-order valence-electron chi connectivity index (χ3n) is 2.93. The van der Waals surface area contributed by atoms with Crippen molar-refractivity contribution in [3.8, 4) is 0 Å². The summed E-state index contributed by atoms with van der Waals surface area (Å²) in [5.74, 6) is 1.18. The number of anilines is 3. The van der Waals surface area contributed by atoms with E-state index in [2.05, 4.69) is 39.6 Å². The van der Waals surface area contributed by atoms with Gasteiger partial charge in [0.25, 0.3) is 0 Å². The highest BCUT2D eigenvalue weighted by Gasteiger charge is 2.06. The van der Waals surface area contributed by atoms with Crippen molar-refractivity contribution in [2.75, 3.05) is 30.9 Å². The van der Waals surface area contributed by atoms with Crippen LogP contribution in [0.2, 0.25) is 0 Å². The van der Waals surface area contributed by atoms with Gasteiger partial charge in [-0.3, -0.25) is 0 Å². The van der Waals surface area contributed by atoms with E-state index in [4.69, 9.17) is 4.42 Å². The maximum absolute atomic E-state index is 5.54. The van der Waals surface area contributed by atoms with E-state index >= 15 is 0 Å². The fourth-order valence-corrected chi connectivity index (χ4v) is 1.81. The molecule has 0 aliphatic heterocycles. The van der Waals surface area contributed by atoms with Crippen molar-refractivity contribution in [3.05, 3.63) is 30.2 Å². The zero-order chi connectivity index (χ0) is 15.2. The summed E-state index contributed by atoms with van der Waals surface area (Å²) in [5.41, 5.74) is 2.07. The van der Waals surface area contributed by atoms with E-state index in [1.54, 1.807) is 0 Å². The molecule has 114 valence electrons. The van der Waals surface area contributed by atoms with Crippen LogP contribution in [0.1, 0.15) is 19.7 Å². The van der Waals surface area contributed by atoms with Gasteiger partial charge in [-0.05, 0) is 36.7 Å². The maximum Gasteiger partial charge on any atom is 0.320 e. The highest BCUT2D eigenvalue weighted by molar-refractivity contribution is 5.58. The number of aromatic nitrogens is 2. The molecular formula is C15H23N5O. The Morgan fingerprint density at radius 3 is 2.48 bits per heavy atom. The van der Waals surface area contributed by atoms with E-state index in [1.165, 1.54) is 0 Å². The second-order valence-electron chi connectivity index (χ2n) is 5.59. The van der Waals surface area contributed by atoms with Gasteiger partial charge in [0.2, 0.25) is 5.89 Å². The Bertz CT molecular complexity index is 547. The zero-order valence-corrected chi connectivity index (χ0v) is 13.1. The molecule has 2 rings (SSSR count). The molecule has 0 fully saturated rings. The number of benzene rings is 1. The Labute approximate surface area is 125 Å². The molecule has 0 unspecified atom stereocenters. The third-order valence-corrected chi connectivity index (χ3v) is 2.93. The van der Waals surface area contributed by atoms with E-state index in [0.717, 1.165) is 17.9 Å². The first-order valence-corrected chi connectivity index (χ1v) is 7.12. The fourth-order valence-electron chi connectivity index (χ4n) is 1.81. The molecule has 6 nitrogen and oxygen atoms in total. The van der Waals surface area contributed by atoms with Crippen molar-refractivity contribution in [2.24, 2.45) is 5.92 Å². The van der Waals surface area contributed by atoms with Crippen LogP contribution in [-0.2, 0) is 6.54 Å². The van der Waals surface area contributed by atoms with Gasteiger partial charge in [-0.25, -0.2) is 0 Å². The topological polar surface area (TPSA) is 66.2 Å². The lowest BCUT2D eigenvalue weighted by atomic mass is 10.2. The second kappa shape index (κ2) is 7.08. The normalized spacial score (nSPS) is 10.9. The summed E-state index contributed by atoms with van der Waals surface area (Å²) in [5, 5.41) is 14.4. The van der Waals surface area contributed by atoms with Crippen LogP contribution in [0.4, 0.5) is 17.4 Å². The molecule has 0 atom stereocenters. The molecule has 2 N–H and O–H groups in total. The summed E-state index contributed by atoms with van der Waals surface area (Å²) < 4.78 is 5.54. The molecule has 0 bridgehead atoms. The maximum atomic E-state index is 5.54. The first kappa shape index (κ1) is 15.3. The minimum atomic E-state index is 0.411. The molecule has 2 aromatic rings. The van der Waals surface area contributed by atoms with Gasteiger partial charge in [0.15, 0.2) is 0 Å². The summed E-state index contributed by atoms with van der Waals surface area (Å²) in [6.07, 6.45) is 0. The molecule has 0 saturated heterocycles. The Hall–Kier alpha value is -2.08. The van der Waals surface area contributed by atoms with Crippen molar-refractivity contribution >= 4 is 17.4 Å². The SMILES string of the molecule is CC(C)CNCc1nnc(Nc2ccc(N(C)C)cc2)o1. The summed E-state index contributed by atoms with van der Waals surface area (Å²) >= 11 is 0. The Morgan fingerprint density at radius 2 is 1.86 bits per heavy atom. The van der Waals surface area contributed by atoms with Crippen LogP contribution in [-0.4, -0.2) is 30.8 Å². The van der Waals surface area contributed by atoms with Crippen molar-refractivity contribution in [3.63, 3.8) is 0 Å². The van der Waals surface area contributed by atoms with Gasteiger partial charge >= 0.3 is 6.01 Å². The standard InChI is InChI=1S/C15H23N5O/c1-11(2)9-16-10-14-18-19-15(21-14)17-12-5-7-13(8-6-12)20(3)4/h5-8,11,16H,9-10H2,1-4H3,(H,17,19). The summed E-state index contributed by atoms with van der Waals surface area (Å²) in [7, 11) is 4.02. The average molecular weight is 289 g/mol. The summed E-state index contributed by atoms with van der Waals surface area (Å²) in [6, 6.07) is 8.44. The van der Waals surface area contributed by atoms with Crippen LogP contribution < -0.4 is 15.5 Å². The largest absolute Gasteiger partial charge is 0.406 e. The van der Waals surface area contributed by atoms with Crippen LogP contribution in [0.5, 0.6) is 0 Å². The van der Waals surface area contributed by atoms with Crippen LogP contribution >= 0.6 is 0 Å². The van der Waals surface area contributed by atoms with Crippen molar-refractivity contribution in [2.45, 2.75) is 20.4 Å².